The van der Waals surface area contributed by atoms with Gasteiger partial charge in [-0.3, -0.25) is 4.40 Å². The van der Waals surface area contributed by atoms with Crippen molar-refractivity contribution in [3.05, 3.63) is 95.8 Å². The third kappa shape index (κ3) is 4.86. The molecule has 0 unspecified atom stereocenters. The molecule has 0 atom stereocenters. The molecule has 0 spiro atoms. The summed E-state index contributed by atoms with van der Waals surface area (Å²) in [5.74, 6) is 0.836. The quantitative estimate of drug-likeness (QED) is 0.271. The number of thiazole rings is 1. The molecule has 35 heavy (non-hydrogen) atoms. The number of sulfonamides is 1. The molecular weight excluding hydrogens is 489 g/mol. The molecule has 0 N–H and O–H groups in total. The number of fused-ring (bicyclic) bond motifs is 1. The van der Waals surface area contributed by atoms with Gasteiger partial charge in [0.2, 0.25) is 10.0 Å². The Morgan fingerprint density at radius 1 is 1.11 bits per heavy atom. The lowest BCUT2D eigenvalue weighted by atomic mass is 10.2. The number of halogens is 1. The van der Waals surface area contributed by atoms with Gasteiger partial charge in [-0.15, -0.1) is 11.3 Å². The number of rotatable bonds is 9. The summed E-state index contributed by atoms with van der Waals surface area (Å²) in [7, 11) is -2.26. The highest BCUT2D eigenvalue weighted by Crippen LogP contribution is 2.26. The zero-order valence-electron chi connectivity index (χ0n) is 18.8. The summed E-state index contributed by atoms with van der Waals surface area (Å²) < 4.78 is 54.2. The summed E-state index contributed by atoms with van der Waals surface area (Å²) in [5.41, 5.74) is 2.48. The molecular formula is C25H22FN3O4S2. The molecule has 0 aliphatic carbocycles. The maximum absolute atomic E-state index is 13.5. The van der Waals surface area contributed by atoms with Crippen LogP contribution in [0.4, 0.5) is 4.39 Å². The summed E-state index contributed by atoms with van der Waals surface area (Å²) in [6.07, 6.45) is 3.89. The van der Waals surface area contributed by atoms with E-state index in [1.165, 1.54) is 53.3 Å². The summed E-state index contributed by atoms with van der Waals surface area (Å²) >= 11 is 1.47. The Balaban J connectivity index is 1.41. The number of ether oxygens (including phenoxy) is 1. The minimum absolute atomic E-state index is 0.111. The van der Waals surface area contributed by atoms with E-state index in [1.807, 2.05) is 16.0 Å². The minimum Gasteiger partial charge on any atom is -0.497 e. The van der Waals surface area contributed by atoms with Crippen LogP contribution in [0.15, 0.2) is 87.8 Å². The monoisotopic (exact) mass is 511 g/mol. The molecule has 0 aliphatic heterocycles. The molecule has 2 aromatic carbocycles. The van der Waals surface area contributed by atoms with E-state index in [-0.39, 0.29) is 23.8 Å². The normalized spacial score (nSPS) is 12.0. The van der Waals surface area contributed by atoms with Gasteiger partial charge in [0.25, 0.3) is 0 Å². The van der Waals surface area contributed by atoms with Crippen molar-refractivity contribution in [2.24, 2.45) is 0 Å². The van der Waals surface area contributed by atoms with Crippen LogP contribution in [0.3, 0.4) is 0 Å². The molecule has 5 aromatic rings. The minimum atomic E-state index is -3.79. The molecule has 0 saturated carbocycles. The Bertz CT molecular complexity index is 1520. The topological polar surface area (TPSA) is 77.1 Å². The van der Waals surface area contributed by atoms with Crippen LogP contribution in [0.1, 0.15) is 11.5 Å². The zero-order valence-corrected chi connectivity index (χ0v) is 20.4. The molecule has 3 aromatic heterocycles. The van der Waals surface area contributed by atoms with Crippen molar-refractivity contribution < 1.29 is 22.0 Å². The Labute approximate surface area is 206 Å². The van der Waals surface area contributed by atoms with Crippen molar-refractivity contribution in [2.45, 2.75) is 17.9 Å². The maximum Gasteiger partial charge on any atom is 0.243 e. The highest BCUT2D eigenvalue weighted by atomic mass is 32.2. The van der Waals surface area contributed by atoms with Crippen LogP contribution in [0.25, 0.3) is 16.2 Å². The van der Waals surface area contributed by atoms with E-state index in [2.05, 4.69) is 4.98 Å². The largest absolute Gasteiger partial charge is 0.497 e. The van der Waals surface area contributed by atoms with Gasteiger partial charge < -0.3 is 9.15 Å². The number of imidazole rings is 1. The molecule has 0 fully saturated rings. The van der Waals surface area contributed by atoms with Gasteiger partial charge in [-0.1, -0.05) is 0 Å². The van der Waals surface area contributed by atoms with Crippen molar-refractivity contribution in [3.8, 4) is 17.0 Å². The number of benzene rings is 2. The third-order valence-electron chi connectivity index (χ3n) is 5.65. The molecule has 7 nitrogen and oxygen atoms in total. The van der Waals surface area contributed by atoms with Gasteiger partial charge in [-0.2, -0.15) is 4.31 Å². The van der Waals surface area contributed by atoms with Gasteiger partial charge in [-0.25, -0.2) is 17.8 Å². The Hall–Kier alpha value is -3.47. The highest BCUT2D eigenvalue weighted by molar-refractivity contribution is 7.89. The second kappa shape index (κ2) is 9.65. The van der Waals surface area contributed by atoms with E-state index in [9.17, 15) is 12.8 Å². The summed E-state index contributed by atoms with van der Waals surface area (Å²) in [5, 5.41) is 1.97. The smallest absolute Gasteiger partial charge is 0.243 e. The van der Waals surface area contributed by atoms with Crippen LogP contribution >= 0.6 is 11.3 Å². The van der Waals surface area contributed by atoms with Gasteiger partial charge in [-0.05, 0) is 60.7 Å². The number of nitrogens with zero attached hydrogens (tertiary/aromatic N) is 3. The van der Waals surface area contributed by atoms with Gasteiger partial charge in [0.15, 0.2) is 4.96 Å². The number of methoxy groups -OCH3 is 1. The summed E-state index contributed by atoms with van der Waals surface area (Å²) in [6.45, 7) is 0.352. The molecule has 0 aliphatic rings. The first-order chi connectivity index (χ1) is 16.9. The SMILES string of the molecule is COc1ccc(S(=O)(=O)N(CCc2csc3nc(-c4ccc(F)cc4)cn23)Cc2ccco2)cc1. The van der Waals surface area contributed by atoms with Crippen LogP contribution in [0.5, 0.6) is 5.75 Å². The van der Waals surface area contributed by atoms with Crippen molar-refractivity contribution >= 4 is 26.3 Å². The summed E-state index contributed by atoms with van der Waals surface area (Å²) in [4.78, 5) is 5.60. The van der Waals surface area contributed by atoms with Crippen molar-refractivity contribution in [3.63, 3.8) is 0 Å². The number of furan rings is 1. The molecule has 0 radical (unpaired) electrons. The van der Waals surface area contributed by atoms with E-state index in [0.717, 1.165) is 21.9 Å². The van der Waals surface area contributed by atoms with Gasteiger partial charge >= 0.3 is 0 Å². The van der Waals surface area contributed by atoms with Crippen LogP contribution in [0.2, 0.25) is 0 Å². The average molecular weight is 512 g/mol. The van der Waals surface area contributed by atoms with E-state index in [0.29, 0.717) is 17.9 Å². The molecule has 5 rings (SSSR count). The average Bonchev–Trinajstić information content (AvgIpc) is 3.61. The van der Waals surface area contributed by atoms with Crippen LogP contribution in [0, 0.1) is 5.82 Å². The molecule has 0 amide bonds. The first-order valence-corrected chi connectivity index (χ1v) is 13.1. The summed E-state index contributed by atoms with van der Waals surface area (Å²) in [6, 6.07) is 16.0. The van der Waals surface area contributed by atoms with Gasteiger partial charge in [0.1, 0.15) is 17.3 Å². The predicted molar refractivity (Wildman–Crippen MR) is 131 cm³/mol. The Kier molecular flexibility index (Phi) is 6.42. The fourth-order valence-corrected chi connectivity index (χ4v) is 6.08. The van der Waals surface area contributed by atoms with Crippen molar-refractivity contribution in [1.29, 1.82) is 0 Å². The van der Waals surface area contributed by atoms with E-state index in [4.69, 9.17) is 9.15 Å². The molecule has 0 bridgehead atoms. The zero-order chi connectivity index (χ0) is 24.4. The van der Waals surface area contributed by atoms with Crippen LogP contribution in [-0.4, -0.2) is 35.8 Å². The van der Waals surface area contributed by atoms with Crippen molar-refractivity contribution in [2.75, 3.05) is 13.7 Å². The fraction of sp³-hybridized carbons (Fsp3) is 0.160. The first-order valence-electron chi connectivity index (χ1n) is 10.8. The van der Waals surface area contributed by atoms with Crippen LogP contribution in [-0.2, 0) is 23.0 Å². The second-order valence-corrected chi connectivity index (χ2v) is 10.6. The molecule has 0 saturated heterocycles. The lowest BCUT2D eigenvalue weighted by molar-refractivity contribution is 0.364. The predicted octanol–water partition coefficient (Wildman–Crippen LogP) is 5.24. The van der Waals surface area contributed by atoms with Crippen LogP contribution < -0.4 is 4.74 Å². The van der Waals surface area contributed by atoms with Gasteiger partial charge in [0, 0.05) is 35.8 Å². The number of aromatic nitrogens is 2. The fourth-order valence-electron chi connectivity index (χ4n) is 3.77. The first kappa shape index (κ1) is 23.3. The highest BCUT2D eigenvalue weighted by Gasteiger charge is 2.26. The molecule has 180 valence electrons. The maximum atomic E-state index is 13.5. The van der Waals surface area contributed by atoms with Crippen molar-refractivity contribution in [1.82, 2.24) is 13.7 Å². The second-order valence-electron chi connectivity index (χ2n) is 7.86. The number of hydrogen-bond donors (Lipinski definition) is 0. The third-order valence-corrected chi connectivity index (χ3v) is 8.40. The van der Waals surface area contributed by atoms with E-state index < -0.39 is 10.0 Å². The lowest BCUT2D eigenvalue weighted by Gasteiger charge is -2.21. The number of hydrogen-bond acceptors (Lipinski definition) is 6. The molecule has 3 heterocycles. The standard InChI is InChI=1S/C25H22FN3O4S2/c1-32-21-8-10-23(11-9-21)35(30,31)28(15-22-3-2-14-33-22)13-12-20-17-34-25-27-24(16-29(20)25)18-4-6-19(26)7-5-18/h2-11,14,16-17H,12-13,15H2,1H3. The Morgan fingerprint density at radius 3 is 2.57 bits per heavy atom. The molecule has 10 heteroatoms. The van der Waals surface area contributed by atoms with E-state index in [1.54, 1.807) is 36.4 Å². The van der Waals surface area contributed by atoms with E-state index >= 15 is 0 Å². The lowest BCUT2D eigenvalue weighted by Crippen LogP contribution is -2.32. The van der Waals surface area contributed by atoms with Gasteiger partial charge in [0.05, 0.1) is 30.5 Å². The Morgan fingerprint density at radius 2 is 1.89 bits per heavy atom.